The molecule has 24 heavy (non-hydrogen) atoms. The molecule has 0 amide bonds. The fraction of sp³-hybridized carbons (Fsp3) is 0.389. The Balaban J connectivity index is 0.00000208. The van der Waals surface area contributed by atoms with Crippen LogP contribution < -0.4 is 4.74 Å². The number of rotatable bonds is 5. The Hall–Kier alpha value is -1.98. The lowest BCUT2D eigenvalue weighted by molar-refractivity contribution is -0.136. The highest BCUT2D eigenvalue weighted by Crippen LogP contribution is 2.37. The molecule has 0 spiro atoms. The number of ether oxygens (including phenoxy) is 2. The minimum Gasteiger partial charge on any atom is -0.512 e. The average molecular weight is 352 g/mol. The molecule has 1 aliphatic carbocycles. The molecule has 5 nitrogen and oxygen atoms in total. The summed E-state index contributed by atoms with van der Waals surface area (Å²) in [5.41, 5.74) is 4.17. The van der Waals surface area contributed by atoms with Crippen molar-refractivity contribution in [1.29, 1.82) is 0 Å². The second kappa shape index (κ2) is 7.73. The Morgan fingerprint density at radius 3 is 2.83 bits per heavy atom. The molecule has 0 saturated carbocycles. The highest BCUT2D eigenvalue weighted by atomic mass is 35.5. The van der Waals surface area contributed by atoms with Crippen LogP contribution in [-0.4, -0.2) is 49.8 Å². The van der Waals surface area contributed by atoms with E-state index in [2.05, 4.69) is 23.1 Å². The van der Waals surface area contributed by atoms with E-state index in [4.69, 9.17) is 9.47 Å². The molecule has 0 aromatic heterocycles. The number of nitrogens with zero attached hydrogens (tertiary/aromatic N) is 1. The first-order chi connectivity index (χ1) is 11.1. The Labute approximate surface area is 148 Å². The Bertz CT molecular complexity index is 696. The minimum atomic E-state index is -0.440. The molecule has 1 aromatic rings. The number of benzene rings is 1. The molecule has 6 heteroatoms. The van der Waals surface area contributed by atoms with Gasteiger partial charge in [-0.25, -0.2) is 4.79 Å². The lowest BCUT2D eigenvalue weighted by Gasteiger charge is -2.29. The molecule has 1 N–H and O–H groups in total. The molecule has 0 unspecified atom stereocenters. The van der Waals surface area contributed by atoms with Gasteiger partial charge in [0, 0.05) is 26.1 Å². The maximum atomic E-state index is 11.7. The van der Waals surface area contributed by atoms with Gasteiger partial charge in [-0.2, -0.15) is 0 Å². The molecular formula is C18H22ClNO4. The van der Waals surface area contributed by atoms with Gasteiger partial charge in [-0.1, -0.05) is 12.1 Å². The van der Waals surface area contributed by atoms with Gasteiger partial charge in [0.15, 0.2) is 0 Å². The maximum Gasteiger partial charge on any atom is 0.338 e. The van der Waals surface area contributed by atoms with E-state index in [1.165, 1.54) is 23.8 Å². The average Bonchev–Trinajstić information content (AvgIpc) is 2.56. The molecular weight excluding hydrogens is 330 g/mol. The molecule has 0 bridgehead atoms. The predicted molar refractivity (Wildman–Crippen MR) is 95.5 cm³/mol. The summed E-state index contributed by atoms with van der Waals surface area (Å²) in [7, 11) is 3.01. The Morgan fingerprint density at radius 2 is 2.12 bits per heavy atom. The van der Waals surface area contributed by atoms with Crippen molar-refractivity contribution in [2.45, 2.75) is 12.8 Å². The van der Waals surface area contributed by atoms with Crippen molar-refractivity contribution in [3.8, 4) is 5.75 Å². The van der Waals surface area contributed by atoms with Gasteiger partial charge in [0.1, 0.15) is 11.5 Å². The van der Waals surface area contributed by atoms with Gasteiger partial charge in [-0.3, -0.25) is 4.90 Å². The summed E-state index contributed by atoms with van der Waals surface area (Å²) in [6.45, 7) is 2.04. The number of carbonyl (C=O) groups is 1. The van der Waals surface area contributed by atoms with Gasteiger partial charge in [-0.05, 0) is 35.3 Å². The topological polar surface area (TPSA) is 59.0 Å². The van der Waals surface area contributed by atoms with E-state index < -0.39 is 5.97 Å². The maximum absolute atomic E-state index is 11.7. The third-order valence-electron chi connectivity index (χ3n) is 4.46. The van der Waals surface area contributed by atoms with E-state index in [0.717, 1.165) is 25.3 Å². The summed E-state index contributed by atoms with van der Waals surface area (Å²) in [6, 6.07) is 6.09. The monoisotopic (exact) mass is 351 g/mol. The normalized spacial score (nSPS) is 16.5. The van der Waals surface area contributed by atoms with Crippen LogP contribution >= 0.6 is 12.4 Å². The molecule has 1 aliphatic heterocycles. The smallest absolute Gasteiger partial charge is 0.338 e. The zero-order valence-corrected chi connectivity index (χ0v) is 14.7. The Morgan fingerprint density at radius 1 is 1.33 bits per heavy atom. The quantitative estimate of drug-likeness (QED) is 0.826. The van der Waals surface area contributed by atoms with E-state index >= 15 is 0 Å². The van der Waals surface area contributed by atoms with Crippen LogP contribution in [0.3, 0.4) is 0 Å². The molecule has 0 saturated heterocycles. The number of fused-ring (bicyclic) bond motifs is 1. The van der Waals surface area contributed by atoms with Crippen molar-refractivity contribution in [2.24, 2.45) is 0 Å². The SMILES string of the molecule is COC(=O)C1=C(O)CCN(CCC2=Cc3ccc(OC)cc32)C1.Cl. The number of carbonyl (C=O) groups excluding carboxylic acids is 1. The molecule has 0 atom stereocenters. The summed E-state index contributed by atoms with van der Waals surface area (Å²) < 4.78 is 10.00. The third kappa shape index (κ3) is 3.57. The van der Waals surface area contributed by atoms with Crippen LogP contribution in [0.5, 0.6) is 5.75 Å². The largest absolute Gasteiger partial charge is 0.512 e. The van der Waals surface area contributed by atoms with Crippen LogP contribution in [0.2, 0.25) is 0 Å². The van der Waals surface area contributed by atoms with E-state index in [1.54, 1.807) is 7.11 Å². The first kappa shape index (κ1) is 18.4. The van der Waals surface area contributed by atoms with E-state index in [0.29, 0.717) is 18.5 Å². The van der Waals surface area contributed by atoms with Crippen molar-refractivity contribution >= 4 is 30.0 Å². The molecule has 1 aromatic carbocycles. The molecule has 0 fully saturated rings. The minimum absolute atomic E-state index is 0. The second-order valence-electron chi connectivity index (χ2n) is 5.82. The summed E-state index contributed by atoms with van der Waals surface area (Å²) >= 11 is 0. The number of hydrogen-bond donors (Lipinski definition) is 1. The van der Waals surface area contributed by atoms with Gasteiger partial charge >= 0.3 is 5.97 Å². The first-order valence-electron chi connectivity index (χ1n) is 7.73. The van der Waals surface area contributed by atoms with Crippen LogP contribution in [0, 0.1) is 0 Å². The van der Waals surface area contributed by atoms with Gasteiger partial charge in [0.2, 0.25) is 0 Å². The Kier molecular flexibility index (Phi) is 5.91. The highest BCUT2D eigenvalue weighted by molar-refractivity contribution is 5.96. The number of methoxy groups -OCH3 is 2. The lowest BCUT2D eigenvalue weighted by Crippen LogP contribution is -2.35. The second-order valence-corrected chi connectivity index (χ2v) is 5.82. The number of aliphatic hydroxyl groups is 1. The summed E-state index contributed by atoms with van der Waals surface area (Å²) in [5, 5.41) is 9.84. The molecule has 2 aliphatic rings. The number of esters is 1. The van der Waals surface area contributed by atoms with Crippen molar-refractivity contribution < 1.29 is 19.4 Å². The molecule has 1 heterocycles. The number of aliphatic hydroxyl groups excluding tert-OH is 1. The van der Waals surface area contributed by atoms with Gasteiger partial charge < -0.3 is 14.6 Å². The summed E-state index contributed by atoms with van der Waals surface area (Å²) in [6.07, 6.45) is 3.59. The van der Waals surface area contributed by atoms with E-state index in [9.17, 15) is 9.90 Å². The van der Waals surface area contributed by atoms with Crippen molar-refractivity contribution in [3.05, 3.63) is 40.7 Å². The van der Waals surface area contributed by atoms with Crippen molar-refractivity contribution in [1.82, 2.24) is 4.90 Å². The highest BCUT2D eigenvalue weighted by Gasteiger charge is 2.25. The van der Waals surface area contributed by atoms with Gasteiger partial charge in [0.25, 0.3) is 0 Å². The zero-order chi connectivity index (χ0) is 16.4. The van der Waals surface area contributed by atoms with Gasteiger partial charge in [0.05, 0.1) is 19.8 Å². The fourth-order valence-electron chi connectivity index (χ4n) is 3.04. The van der Waals surface area contributed by atoms with Crippen molar-refractivity contribution in [2.75, 3.05) is 33.9 Å². The first-order valence-corrected chi connectivity index (χ1v) is 7.73. The van der Waals surface area contributed by atoms with Gasteiger partial charge in [-0.15, -0.1) is 12.4 Å². The predicted octanol–water partition coefficient (Wildman–Crippen LogP) is 3.05. The lowest BCUT2D eigenvalue weighted by atomic mass is 9.86. The van der Waals surface area contributed by atoms with Crippen LogP contribution in [-0.2, 0) is 9.53 Å². The standard InChI is InChI=1S/C18H21NO4.ClH/c1-22-14-4-3-12-9-13(15(12)10-14)5-7-19-8-6-17(20)16(11-19)18(21)23-2;/h3-4,9-10,20H,5-8,11H2,1-2H3;1H. The van der Waals surface area contributed by atoms with Crippen LogP contribution in [0.1, 0.15) is 24.0 Å². The molecule has 0 radical (unpaired) electrons. The molecule has 130 valence electrons. The van der Waals surface area contributed by atoms with E-state index in [1.807, 2.05) is 6.07 Å². The summed E-state index contributed by atoms with van der Waals surface area (Å²) in [4.78, 5) is 13.8. The zero-order valence-electron chi connectivity index (χ0n) is 13.9. The van der Waals surface area contributed by atoms with E-state index in [-0.39, 0.29) is 18.2 Å². The van der Waals surface area contributed by atoms with Crippen molar-refractivity contribution in [3.63, 3.8) is 0 Å². The molecule has 3 rings (SSSR count). The number of hydrogen-bond acceptors (Lipinski definition) is 5. The fourth-order valence-corrected chi connectivity index (χ4v) is 3.04. The summed E-state index contributed by atoms with van der Waals surface area (Å²) in [5.74, 6) is 0.587. The van der Waals surface area contributed by atoms with Crippen LogP contribution in [0.15, 0.2) is 29.5 Å². The van der Waals surface area contributed by atoms with Crippen LogP contribution in [0.4, 0.5) is 0 Å². The number of halogens is 1. The van der Waals surface area contributed by atoms with Crippen LogP contribution in [0.25, 0.3) is 11.6 Å². The third-order valence-corrected chi connectivity index (χ3v) is 4.46.